The van der Waals surface area contributed by atoms with Gasteiger partial charge in [-0.05, 0) is 25.0 Å². The van der Waals surface area contributed by atoms with Gasteiger partial charge in [-0.2, -0.15) is 4.31 Å². The van der Waals surface area contributed by atoms with Crippen LogP contribution in [-0.4, -0.2) is 43.0 Å². The van der Waals surface area contributed by atoms with Gasteiger partial charge in [-0.1, -0.05) is 12.8 Å². The second-order valence-corrected chi connectivity index (χ2v) is 7.20. The Morgan fingerprint density at radius 2 is 2.11 bits per heavy atom. The number of pyridine rings is 1. The van der Waals surface area contributed by atoms with E-state index in [-0.39, 0.29) is 10.5 Å². The standard InChI is InChI=1S/C13H18N2O3S/c16-19(17,12-4-3-7-14-10-12)15-8-9-18-13(11-15)5-1-2-6-13/h3-4,7,10H,1-2,5-6,8-9,11H2. The van der Waals surface area contributed by atoms with Crippen LogP contribution in [-0.2, 0) is 14.8 Å². The van der Waals surface area contributed by atoms with Gasteiger partial charge in [-0.15, -0.1) is 0 Å². The fourth-order valence-electron chi connectivity index (χ4n) is 2.99. The Balaban J connectivity index is 1.85. The first-order valence-corrected chi connectivity index (χ1v) is 8.11. The van der Waals surface area contributed by atoms with Gasteiger partial charge in [0.05, 0.1) is 12.2 Å². The van der Waals surface area contributed by atoms with Crippen molar-refractivity contribution in [2.45, 2.75) is 36.2 Å². The second-order valence-electron chi connectivity index (χ2n) is 5.27. The van der Waals surface area contributed by atoms with Gasteiger partial charge < -0.3 is 4.74 Å². The lowest BCUT2D eigenvalue weighted by atomic mass is 10.0. The smallest absolute Gasteiger partial charge is 0.244 e. The van der Waals surface area contributed by atoms with Crippen LogP contribution < -0.4 is 0 Å². The van der Waals surface area contributed by atoms with Crippen LogP contribution >= 0.6 is 0 Å². The molecule has 5 nitrogen and oxygen atoms in total. The van der Waals surface area contributed by atoms with Crippen molar-refractivity contribution in [1.82, 2.24) is 9.29 Å². The topological polar surface area (TPSA) is 59.5 Å². The van der Waals surface area contributed by atoms with E-state index in [2.05, 4.69) is 4.98 Å². The van der Waals surface area contributed by atoms with E-state index in [0.717, 1.165) is 25.7 Å². The van der Waals surface area contributed by atoms with E-state index in [0.29, 0.717) is 19.7 Å². The molecule has 1 saturated carbocycles. The van der Waals surface area contributed by atoms with Gasteiger partial charge in [-0.3, -0.25) is 4.98 Å². The normalized spacial score (nSPS) is 23.8. The molecule has 0 unspecified atom stereocenters. The lowest BCUT2D eigenvalue weighted by Gasteiger charge is -2.39. The highest BCUT2D eigenvalue weighted by atomic mass is 32.2. The molecule has 0 bridgehead atoms. The largest absolute Gasteiger partial charge is 0.372 e. The number of hydrogen-bond acceptors (Lipinski definition) is 4. The van der Waals surface area contributed by atoms with Crippen LogP contribution in [0.5, 0.6) is 0 Å². The summed E-state index contributed by atoms with van der Waals surface area (Å²) in [5.41, 5.74) is -0.243. The lowest BCUT2D eigenvalue weighted by Crippen LogP contribution is -2.52. The first kappa shape index (κ1) is 13.0. The number of sulfonamides is 1. The van der Waals surface area contributed by atoms with E-state index in [9.17, 15) is 8.42 Å². The molecule has 1 aliphatic heterocycles. The molecule has 1 aliphatic carbocycles. The van der Waals surface area contributed by atoms with Gasteiger partial charge in [-0.25, -0.2) is 8.42 Å². The summed E-state index contributed by atoms with van der Waals surface area (Å²) in [4.78, 5) is 4.17. The SMILES string of the molecule is O=S(=O)(c1cccnc1)N1CCOC2(CCCC2)C1. The lowest BCUT2D eigenvalue weighted by molar-refractivity contribution is -0.0842. The number of ether oxygens (including phenoxy) is 1. The Labute approximate surface area is 113 Å². The maximum Gasteiger partial charge on any atom is 0.244 e. The highest BCUT2D eigenvalue weighted by Gasteiger charge is 2.42. The minimum Gasteiger partial charge on any atom is -0.372 e. The zero-order valence-corrected chi connectivity index (χ0v) is 11.6. The highest BCUT2D eigenvalue weighted by Crippen LogP contribution is 2.37. The first-order chi connectivity index (χ1) is 9.12. The third kappa shape index (κ3) is 2.40. The molecule has 0 radical (unpaired) electrons. The number of morpholine rings is 1. The minimum absolute atomic E-state index is 0.243. The fourth-order valence-corrected chi connectivity index (χ4v) is 4.45. The summed E-state index contributed by atoms with van der Waals surface area (Å²) in [6.07, 6.45) is 7.17. The van der Waals surface area contributed by atoms with Gasteiger partial charge in [0, 0.05) is 25.5 Å². The van der Waals surface area contributed by atoms with Gasteiger partial charge in [0.2, 0.25) is 10.0 Å². The van der Waals surface area contributed by atoms with Crippen molar-refractivity contribution in [2.24, 2.45) is 0 Å². The van der Waals surface area contributed by atoms with E-state index in [1.807, 2.05) is 0 Å². The molecule has 2 heterocycles. The van der Waals surface area contributed by atoms with Crippen molar-refractivity contribution in [2.75, 3.05) is 19.7 Å². The molecule has 0 atom stereocenters. The van der Waals surface area contributed by atoms with Gasteiger partial charge >= 0.3 is 0 Å². The van der Waals surface area contributed by atoms with Crippen molar-refractivity contribution in [3.63, 3.8) is 0 Å². The minimum atomic E-state index is -3.43. The van der Waals surface area contributed by atoms with E-state index in [1.165, 1.54) is 6.20 Å². The molecule has 2 aliphatic rings. The maximum absolute atomic E-state index is 12.6. The molecule has 1 aromatic rings. The molecule has 6 heteroatoms. The van der Waals surface area contributed by atoms with Gasteiger partial charge in [0.25, 0.3) is 0 Å². The van der Waals surface area contributed by atoms with Crippen LogP contribution in [0.1, 0.15) is 25.7 Å². The summed E-state index contributed by atoms with van der Waals surface area (Å²) in [6.45, 7) is 1.39. The average Bonchev–Trinajstić information content (AvgIpc) is 2.88. The summed E-state index contributed by atoms with van der Waals surface area (Å²) >= 11 is 0. The van der Waals surface area contributed by atoms with Crippen LogP contribution in [0.4, 0.5) is 0 Å². The van der Waals surface area contributed by atoms with E-state index < -0.39 is 10.0 Å². The molecule has 0 N–H and O–H groups in total. The molecule has 2 fully saturated rings. The quantitative estimate of drug-likeness (QED) is 0.823. The zero-order chi connectivity index (χ0) is 13.3. The molecule has 1 saturated heterocycles. The molecule has 1 spiro atoms. The second kappa shape index (κ2) is 4.85. The van der Waals surface area contributed by atoms with Gasteiger partial charge in [0.15, 0.2) is 0 Å². The molecule has 3 rings (SSSR count). The molecule has 1 aromatic heterocycles. The van der Waals surface area contributed by atoms with Gasteiger partial charge in [0.1, 0.15) is 4.90 Å². The number of hydrogen-bond donors (Lipinski definition) is 0. The zero-order valence-electron chi connectivity index (χ0n) is 10.8. The van der Waals surface area contributed by atoms with Crippen molar-refractivity contribution in [1.29, 1.82) is 0 Å². The number of aromatic nitrogens is 1. The summed E-state index contributed by atoms with van der Waals surface area (Å²) in [5, 5.41) is 0. The monoisotopic (exact) mass is 282 g/mol. The summed E-state index contributed by atoms with van der Waals surface area (Å²) in [6, 6.07) is 3.25. The molecule has 0 amide bonds. The average molecular weight is 282 g/mol. The van der Waals surface area contributed by atoms with E-state index in [1.54, 1.807) is 22.6 Å². The fraction of sp³-hybridized carbons (Fsp3) is 0.615. The molecule has 104 valence electrons. The Morgan fingerprint density at radius 1 is 1.32 bits per heavy atom. The third-order valence-electron chi connectivity index (χ3n) is 4.00. The van der Waals surface area contributed by atoms with Crippen LogP contribution in [0.15, 0.2) is 29.4 Å². The van der Waals surface area contributed by atoms with Crippen molar-refractivity contribution in [3.8, 4) is 0 Å². The Morgan fingerprint density at radius 3 is 2.79 bits per heavy atom. The number of rotatable bonds is 2. The number of nitrogens with zero attached hydrogens (tertiary/aromatic N) is 2. The summed E-state index contributed by atoms with van der Waals surface area (Å²) in [7, 11) is -3.43. The maximum atomic E-state index is 12.6. The Kier molecular flexibility index (Phi) is 3.32. The first-order valence-electron chi connectivity index (χ1n) is 6.67. The molecule has 19 heavy (non-hydrogen) atoms. The van der Waals surface area contributed by atoms with Crippen LogP contribution in [0.2, 0.25) is 0 Å². The molecular formula is C13H18N2O3S. The van der Waals surface area contributed by atoms with E-state index >= 15 is 0 Å². The van der Waals surface area contributed by atoms with Crippen molar-refractivity contribution in [3.05, 3.63) is 24.5 Å². The molecule has 0 aromatic carbocycles. The van der Waals surface area contributed by atoms with E-state index in [4.69, 9.17) is 4.74 Å². The van der Waals surface area contributed by atoms with Crippen LogP contribution in [0, 0.1) is 0 Å². The Hall–Kier alpha value is -0.980. The predicted octanol–water partition coefficient (Wildman–Crippen LogP) is 1.42. The Bertz CT molecular complexity index is 538. The third-order valence-corrected chi connectivity index (χ3v) is 5.83. The summed E-state index contributed by atoms with van der Waals surface area (Å²) in [5.74, 6) is 0. The molecular weight excluding hydrogens is 264 g/mol. The van der Waals surface area contributed by atoms with Crippen molar-refractivity contribution < 1.29 is 13.2 Å². The highest BCUT2D eigenvalue weighted by molar-refractivity contribution is 7.89. The van der Waals surface area contributed by atoms with Crippen LogP contribution in [0.3, 0.4) is 0 Å². The predicted molar refractivity (Wildman–Crippen MR) is 70.1 cm³/mol. The summed E-state index contributed by atoms with van der Waals surface area (Å²) < 4.78 is 32.5. The van der Waals surface area contributed by atoms with Crippen LogP contribution in [0.25, 0.3) is 0 Å². The van der Waals surface area contributed by atoms with Crippen molar-refractivity contribution >= 4 is 10.0 Å².